The molecule has 2 atom stereocenters. The van der Waals surface area contributed by atoms with Crippen molar-refractivity contribution in [2.45, 2.75) is 57.7 Å². The molecule has 0 bridgehead atoms. The highest BCUT2D eigenvalue weighted by Crippen LogP contribution is 2.36. The number of piperazine rings is 1. The SMILES string of the molecule is C=CC(=O)N1CCN(c2cc(C(=O)NCC[C@H]3CCCN3)nc3c2CCN(c2cccc4cccc(C)c24)C3)C[C@@H]1CC#N. The van der Waals surface area contributed by atoms with E-state index in [-0.39, 0.29) is 24.3 Å². The Morgan fingerprint density at radius 1 is 1.16 bits per heavy atom. The number of amides is 2. The van der Waals surface area contributed by atoms with Gasteiger partial charge in [0.25, 0.3) is 5.91 Å². The number of nitriles is 1. The minimum absolute atomic E-state index is 0.153. The molecule has 9 heteroatoms. The van der Waals surface area contributed by atoms with Gasteiger partial charge in [-0.1, -0.05) is 36.9 Å². The molecule has 3 aliphatic heterocycles. The first kappa shape index (κ1) is 29.6. The van der Waals surface area contributed by atoms with Crippen LogP contribution in [-0.2, 0) is 17.8 Å². The topological polar surface area (TPSA) is 105 Å². The van der Waals surface area contributed by atoms with Gasteiger partial charge in [-0.3, -0.25) is 9.59 Å². The zero-order valence-electron chi connectivity index (χ0n) is 25.5. The van der Waals surface area contributed by atoms with E-state index in [0.717, 1.165) is 49.3 Å². The molecule has 44 heavy (non-hydrogen) atoms. The third-order valence-electron chi connectivity index (χ3n) is 9.37. The Hall–Kier alpha value is -4.42. The van der Waals surface area contributed by atoms with Gasteiger partial charge in [0.2, 0.25) is 5.91 Å². The van der Waals surface area contributed by atoms with Gasteiger partial charge in [-0.25, -0.2) is 4.98 Å². The maximum absolute atomic E-state index is 13.5. The molecule has 0 radical (unpaired) electrons. The number of carbonyl (C=O) groups excluding carboxylic acids is 2. The van der Waals surface area contributed by atoms with Gasteiger partial charge in [-0.15, -0.1) is 0 Å². The number of anilines is 2. The number of aryl methyl sites for hydroxylation is 1. The summed E-state index contributed by atoms with van der Waals surface area (Å²) in [6.07, 6.45) is 5.56. The first-order chi connectivity index (χ1) is 21.5. The molecule has 2 N–H and O–H groups in total. The molecule has 9 nitrogen and oxygen atoms in total. The fourth-order valence-electron chi connectivity index (χ4n) is 7.11. The van der Waals surface area contributed by atoms with Crippen molar-refractivity contribution in [2.24, 2.45) is 0 Å². The quantitative estimate of drug-likeness (QED) is 0.380. The number of hydrogen-bond donors (Lipinski definition) is 2. The van der Waals surface area contributed by atoms with Crippen LogP contribution in [0.25, 0.3) is 10.8 Å². The number of benzene rings is 2. The van der Waals surface area contributed by atoms with Gasteiger partial charge < -0.3 is 25.3 Å². The Labute approximate surface area is 259 Å². The average Bonchev–Trinajstić information content (AvgIpc) is 3.57. The van der Waals surface area contributed by atoms with E-state index in [0.29, 0.717) is 44.5 Å². The molecule has 2 amide bonds. The van der Waals surface area contributed by atoms with E-state index >= 15 is 0 Å². The summed E-state index contributed by atoms with van der Waals surface area (Å²) in [5, 5.41) is 18.6. The first-order valence-corrected chi connectivity index (χ1v) is 15.8. The van der Waals surface area contributed by atoms with Crippen molar-refractivity contribution in [3.05, 3.63) is 77.6 Å². The van der Waals surface area contributed by atoms with Gasteiger partial charge in [0, 0.05) is 61.1 Å². The van der Waals surface area contributed by atoms with Gasteiger partial charge in [-0.05, 0) is 68.3 Å². The number of rotatable bonds is 8. The second-order valence-electron chi connectivity index (χ2n) is 12.1. The normalized spacial score (nSPS) is 19.9. The van der Waals surface area contributed by atoms with Crippen molar-refractivity contribution in [1.82, 2.24) is 20.5 Å². The fourth-order valence-corrected chi connectivity index (χ4v) is 7.11. The molecule has 1 aromatic heterocycles. The molecule has 2 fully saturated rings. The predicted octanol–water partition coefficient (Wildman–Crippen LogP) is 4.09. The number of carbonyl (C=O) groups is 2. The van der Waals surface area contributed by atoms with Crippen molar-refractivity contribution >= 4 is 34.0 Å². The number of fused-ring (bicyclic) bond motifs is 2. The molecule has 228 valence electrons. The minimum Gasteiger partial charge on any atom is -0.367 e. The highest BCUT2D eigenvalue weighted by molar-refractivity contribution is 5.97. The lowest BCUT2D eigenvalue weighted by molar-refractivity contribution is -0.128. The number of hydrogen-bond acceptors (Lipinski definition) is 7. The van der Waals surface area contributed by atoms with Crippen LogP contribution in [0.1, 0.15) is 53.0 Å². The molecule has 6 rings (SSSR count). The Bertz CT molecular complexity index is 1600. The molecule has 0 saturated carbocycles. The van der Waals surface area contributed by atoms with Crippen LogP contribution in [0.5, 0.6) is 0 Å². The van der Waals surface area contributed by atoms with E-state index in [1.54, 1.807) is 4.90 Å². The van der Waals surface area contributed by atoms with Crippen LogP contribution in [0.3, 0.4) is 0 Å². The molecular formula is C35H41N7O2. The van der Waals surface area contributed by atoms with E-state index in [4.69, 9.17) is 4.98 Å². The standard InChI is InChI=1S/C35H41N7O2/c1-3-33(43)42-20-19-41(22-27(42)12-15-36)32-21-29(35(44)38-17-13-26-10-6-16-37-26)39-30-23-40(18-14-28(30)32)31-11-5-9-25-8-4-7-24(2)34(25)31/h3-5,7-9,11,21,26-27,37H,1,6,10,12-14,16-20,22-23H2,2H3,(H,38,44)/t26-,27+/m1/s1. The van der Waals surface area contributed by atoms with Crippen LogP contribution in [0.4, 0.5) is 11.4 Å². The van der Waals surface area contributed by atoms with Crippen molar-refractivity contribution in [1.29, 1.82) is 5.26 Å². The summed E-state index contributed by atoms with van der Waals surface area (Å²) in [6.45, 7) is 10.5. The van der Waals surface area contributed by atoms with Crippen molar-refractivity contribution in [3.8, 4) is 6.07 Å². The van der Waals surface area contributed by atoms with Gasteiger partial charge in [0.15, 0.2) is 0 Å². The van der Waals surface area contributed by atoms with Crippen LogP contribution < -0.4 is 20.4 Å². The van der Waals surface area contributed by atoms with Crippen LogP contribution in [0, 0.1) is 18.3 Å². The molecule has 4 heterocycles. The molecular weight excluding hydrogens is 550 g/mol. The molecule has 0 aliphatic carbocycles. The summed E-state index contributed by atoms with van der Waals surface area (Å²) < 4.78 is 0. The number of nitrogens with zero attached hydrogens (tertiary/aromatic N) is 5. The predicted molar refractivity (Wildman–Crippen MR) is 174 cm³/mol. The monoisotopic (exact) mass is 591 g/mol. The van der Waals surface area contributed by atoms with E-state index in [2.05, 4.69) is 76.4 Å². The second-order valence-corrected chi connectivity index (χ2v) is 12.1. The first-order valence-electron chi connectivity index (χ1n) is 15.8. The molecule has 0 spiro atoms. The average molecular weight is 592 g/mol. The smallest absolute Gasteiger partial charge is 0.269 e. The number of aromatic nitrogens is 1. The van der Waals surface area contributed by atoms with Crippen LogP contribution in [0.2, 0.25) is 0 Å². The highest BCUT2D eigenvalue weighted by atomic mass is 16.2. The molecule has 2 saturated heterocycles. The molecule has 3 aliphatic rings. The third kappa shape index (κ3) is 6.00. The summed E-state index contributed by atoms with van der Waals surface area (Å²) in [5.74, 6) is -0.321. The zero-order valence-corrected chi connectivity index (χ0v) is 25.5. The van der Waals surface area contributed by atoms with Crippen LogP contribution in [-0.4, -0.2) is 73.1 Å². The van der Waals surface area contributed by atoms with Gasteiger partial charge in [-0.2, -0.15) is 5.26 Å². The van der Waals surface area contributed by atoms with E-state index in [1.807, 2.05) is 6.07 Å². The van der Waals surface area contributed by atoms with E-state index in [9.17, 15) is 14.9 Å². The Morgan fingerprint density at radius 3 is 2.77 bits per heavy atom. The van der Waals surface area contributed by atoms with Crippen molar-refractivity contribution < 1.29 is 9.59 Å². The van der Waals surface area contributed by atoms with Crippen molar-refractivity contribution in [3.63, 3.8) is 0 Å². The maximum atomic E-state index is 13.5. The molecule has 0 unspecified atom stereocenters. The summed E-state index contributed by atoms with van der Waals surface area (Å²) in [5.41, 5.74) is 5.86. The Balaban J connectivity index is 1.32. The zero-order chi connectivity index (χ0) is 30.6. The van der Waals surface area contributed by atoms with Crippen LogP contribution >= 0.6 is 0 Å². The molecule has 2 aromatic carbocycles. The van der Waals surface area contributed by atoms with Gasteiger partial charge in [0.1, 0.15) is 5.69 Å². The van der Waals surface area contributed by atoms with E-state index in [1.165, 1.54) is 34.5 Å². The van der Waals surface area contributed by atoms with Gasteiger partial charge >= 0.3 is 0 Å². The summed E-state index contributed by atoms with van der Waals surface area (Å²) in [7, 11) is 0. The Morgan fingerprint density at radius 2 is 2.00 bits per heavy atom. The second kappa shape index (κ2) is 13.1. The summed E-state index contributed by atoms with van der Waals surface area (Å²) in [6, 6.07) is 17.2. The maximum Gasteiger partial charge on any atom is 0.269 e. The fraction of sp³-hybridized carbons (Fsp3) is 0.429. The highest BCUT2D eigenvalue weighted by Gasteiger charge is 2.33. The van der Waals surface area contributed by atoms with E-state index < -0.39 is 0 Å². The lowest BCUT2D eigenvalue weighted by Gasteiger charge is -2.43. The Kier molecular flexibility index (Phi) is 8.80. The largest absolute Gasteiger partial charge is 0.367 e. The summed E-state index contributed by atoms with van der Waals surface area (Å²) >= 11 is 0. The third-order valence-corrected chi connectivity index (χ3v) is 9.37. The lowest BCUT2D eigenvalue weighted by Crippen LogP contribution is -2.55. The van der Waals surface area contributed by atoms with Gasteiger partial charge in [0.05, 0.1) is 30.8 Å². The molecule has 3 aromatic rings. The van der Waals surface area contributed by atoms with Crippen LogP contribution in [0.15, 0.2) is 55.1 Å². The lowest BCUT2D eigenvalue weighted by atomic mass is 9.97. The van der Waals surface area contributed by atoms with Crippen molar-refractivity contribution in [2.75, 3.05) is 49.1 Å². The number of nitrogens with one attached hydrogen (secondary N) is 2. The number of pyridine rings is 1. The minimum atomic E-state index is -0.252. The summed E-state index contributed by atoms with van der Waals surface area (Å²) in [4.78, 5) is 37.4.